The number of hydrogen-bond acceptors (Lipinski definition) is 5. The Balaban J connectivity index is 2.19. The molecule has 0 saturated carbocycles. The van der Waals surface area contributed by atoms with Crippen LogP contribution in [0.15, 0.2) is 42.5 Å². The Morgan fingerprint density at radius 1 is 1.03 bits per heavy atom. The van der Waals surface area contributed by atoms with Crippen LogP contribution in [0.1, 0.15) is 52.5 Å². The molecule has 2 rings (SSSR count). The zero-order chi connectivity index (χ0) is 28.5. The van der Waals surface area contributed by atoms with Crippen molar-refractivity contribution in [1.29, 1.82) is 0 Å². The van der Waals surface area contributed by atoms with Crippen LogP contribution < -0.4 is 14.4 Å². The highest BCUT2D eigenvalue weighted by Crippen LogP contribution is 2.25. The minimum absolute atomic E-state index is 0.0377. The van der Waals surface area contributed by atoms with Gasteiger partial charge in [-0.3, -0.25) is 13.9 Å². The maximum atomic E-state index is 13.4. The molecule has 1 N–H and O–H groups in total. The lowest BCUT2D eigenvalue weighted by atomic mass is 10.1. The van der Waals surface area contributed by atoms with Gasteiger partial charge in [-0.1, -0.05) is 36.2 Å². The first-order chi connectivity index (χ1) is 17.9. The van der Waals surface area contributed by atoms with Crippen LogP contribution in [0.2, 0.25) is 10.0 Å². The number of amides is 2. The lowest BCUT2D eigenvalue weighted by Gasteiger charge is -2.30. The van der Waals surface area contributed by atoms with Crippen LogP contribution >= 0.6 is 23.2 Å². The van der Waals surface area contributed by atoms with E-state index in [0.29, 0.717) is 28.1 Å². The maximum absolute atomic E-state index is 13.4. The number of nitrogens with one attached hydrogen (secondary N) is 1. The first kappa shape index (κ1) is 31.7. The molecule has 0 heterocycles. The van der Waals surface area contributed by atoms with Gasteiger partial charge in [-0.15, -0.1) is 0 Å². The molecule has 0 aliphatic carbocycles. The Morgan fingerprint density at radius 2 is 1.68 bits per heavy atom. The molecule has 0 aliphatic rings. The number of carbonyl (C=O) groups is 2. The predicted octanol–water partition coefficient (Wildman–Crippen LogP) is 5.27. The van der Waals surface area contributed by atoms with Gasteiger partial charge in [0, 0.05) is 25.6 Å². The van der Waals surface area contributed by atoms with Gasteiger partial charge in [0.05, 0.1) is 28.6 Å². The molecule has 2 aromatic rings. The predicted molar refractivity (Wildman–Crippen MR) is 153 cm³/mol. The van der Waals surface area contributed by atoms with Crippen molar-refractivity contribution < 1.29 is 22.7 Å². The second-order valence-corrected chi connectivity index (χ2v) is 11.9. The van der Waals surface area contributed by atoms with Crippen LogP contribution in [-0.2, 0) is 26.2 Å². The van der Waals surface area contributed by atoms with Gasteiger partial charge in [-0.2, -0.15) is 0 Å². The summed E-state index contributed by atoms with van der Waals surface area (Å²) in [6, 6.07) is 11.0. The Bertz CT molecular complexity index is 1190. The van der Waals surface area contributed by atoms with Crippen LogP contribution in [0.4, 0.5) is 5.69 Å². The van der Waals surface area contributed by atoms with E-state index in [2.05, 4.69) is 5.32 Å². The highest BCUT2D eigenvalue weighted by Gasteiger charge is 2.27. The zero-order valence-corrected chi connectivity index (χ0v) is 24.9. The number of rotatable bonds is 14. The van der Waals surface area contributed by atoms with E-state index in [1.165, 1.54) is 9.21 Å². The monoisotopic (exact) mass is 585 g/mol. The van der Waals surface area contributed by atoms with Crippen molar-refractivity contribution in [2.75, 3.05) is 23.7 Å². The third-order valence-electron chi connectivity index (χ3n) is 6.09. The Hall–Kier alpha value is -2.49. The van der Waals surface area contributed by atoms with Crippen LogP contribution in [0.5, 0.6) is 5.75 Å². The summed E-state index contributed by atoms with van der Waals surface area (Å²) in [5.74, 6) is 0.102. The minimum atomic E-state index is -3.59. The first-order valence-corrected chi connectivity index (χ1v) is 15.2. The van der Waals surface area contributed by atoms with Gasteiger partial charge < -0.3 is 15.0 Å². The molecule has 11 heteroatoms. The van der Waals surface area contributed by atoms with Gasteiger partial charge in [0.25, 0.3) is 0 Å². The third-order valence-corrected chi connectivity index (χ3v) is 8.03. The van der Waals surface area contributed by atoms with Gasteiger partial charge in [-0.05, 0) is 75.6 Å². The lowest BCUT2D eigenvalue weighted by molar-refractivity contribution is -0.140. The molecule has 2 aromatic carbocycles. The highest BCUT2D eigenvalue weighted by molar-refractivity contribution is 7.92. The van der Waals surface area contributed by atoms with Gasteiger partial charge >= 0.3 is 0 Å². The summed E-state index contributed by atoms with van der Waals surface area (Å²) in [6.45, 7) is 8.17. The Kier molecular flexibility index (Phi) is 12.2. The molecule has 38 heavy (non-hydrogen) atoms. The summed E-state index contributed by atoms with van der Waals surface area (Å²) in [5.41, 5.74) is 1.21. The summed E-state index contributed by atoms with van der Waals surface area (Å²) in [4.78, 5) is 27.8. The second kappa shape index (κ2) is 14.6. The first-order valence-electron chi connectivity index (χ1n) is 12.6. The molecule has 210 valence electrons. The number of halogens is 2. The van der Waals surface area contributed by atoms with Crippen LogP contribution in [0, 0.1) is 0 Å². The van der Waals surface area contributed by atoms with E-state index in [9.17, 15) is 18.0 Å². The molecule has 0 bridgehead atoms. The van der Waals surface area contributed by atoms with Crippen LogP contribution in [-0.4, -0.2) is 56.6 Å². The Labute approximate surface area is 236 Å². The highest BCUT2D eigenvalue weighted by atomic mass is 35.5. The molecule has 0 unspecified atom stereocenters. The van der Waals surface area contributed by atoms with Crippen molar-refractivity contribution in [3.8, 4) is 5.75 Å². The Morgan fingerprint density at radius 3 is 2.24 bits per heavy atom. The normalized spacial score (nSPS) is 12.9. The molecule has 0 saturated heterocycles. The number of carbonyl (C=O) groups excluding carboxylic acids is 2. The molecular weight excluding hydrogens is 549 g/mol. The standard InChI is InChI=1S/C27H37Cl2N3O5S/c1-6-19(3)30-27(34)20(4)31(18-21-10-15-24(28)25(29)17-21)26(33)9-8-16-32(38(5,35)36)22-11-13-23(14-12-22)37-7-2/h10-15,17,19-20H,6-9,16,18H2,1-5H3,(H,30,34)/t19-,20-/m0/s1. The lowest BCUT2D eigenvalue weighted by Crippen LogP contribution is -2.49. The smallest absolute Gasteiger partial charge is 0.242 e. The summed E-state index contributed by atoms with van der Waals surface area (Å²) in [7, 11) is -3.59. The number of benzene rings is 2. The van der Waals surface area contributed by atoms with Crippen molar-refractivity contribution in [1.82, 2.24) is 10.2 Å². The molecule has 0 radical (unpaired) electrons. The molecule has 0 spiro atoms. The average Bonchev–Trinajstić information content (AvgIpc) is 2.86. The molecule has 2 amide bonds. The van der Waals surface area contributed by atoms with Crippen LogP contribution in [0.3, 0.4) is 0 Å². The quantitative estimate of drug-likeness (QED) is 0.326. The van der Waals surface area contributed by atoms with Crippen molar-refractivity contribution in [3.63, 3.8) is 0 Å². The summed E-state index contributed by atoms with van der Waals surface area (Å²) >= 11 is 12.2. The molecular formula is C27H37Cl2N3O5S. The molecule has 0 aromatic heterocycles. The van der Waals surface area contributed by atoms with Crippen LogP contribution in [0.25, 0.3) is 0 Å². The number of ether oxygens (including phenoxy) is 1. The summed E-state index contributed by atoms with van der Waals surface area (Å²) < 4.78 is 31.7. The topological polar surface area (TPSA) is 96.0 Å². The average molecular weight is 587 g/mol. The van der Waals surface area contributed by atoms with Gasteiger partial charge in [0.1, 0.15) is 11.8 Å². The molecule has 0 fully saturated rings. The van der Waals surface area contributed by atoms with Gasteiger partial charge in [-0.25, -0.2) is 8.42 Å². The van der Waals surface area contributed by atoms with E-state index in [0.717, 1.165) is 18.2 Å². The van der Waals surface area contributed by atoms with Crippen molar-refractivity contribution in [3.05, 3.63) is 58.1 Å². The third kappa shape index (κ3) is 9.36. The van der Waals surface area contributed by atoms with E-state index in [1.807, 2.05) is 20.8 Å². The molecule has 0 aliphatic heterocycles. The van der Waals surface area contributed by atoms with E-state index in [-0.39, 0.29) is 43.8 Å². The number of hydrogen-bond donors (Lipinski definition) is 1. The van der Waals surface area contributed by atoms with Crippen molar-refractivity contribution >= 4 is 50.7 Å². The second-order valence-electron chi connectivity index (χ2n) is 9.13. The van der Waals surface area contributed by atoms with E-state index >= 15 is 0 Å². The van der Waals surface area contributed by atoms with Gasteiger partial charge in [0.15, 0.2) is 0 Å². The summed E-state index contributed by atoms with van der Waals surface area (Å²) in [5, 5.41) is 3.67. The largest absolute Gasteiger partial charge is 0.494 e. The summed E-state index contributed by atoms with van der Waals surface area (Å²) in [6.07, 6.45) is 2.19. The maximum Gasteiger partial charge on any atom is 0.242 e. The van der Waals surface area contributed by atoms with E-state index in [1.54, 1.807) is 49.4 Å². The minimum Gasteiger partial charge on any atom is -0.494 e. The van der Waals surface area contributed by atoms with Crippen molar-refractivity contribution in [2.45, 2.75) is 65.6 Å². The van der Waals surface area contributed by atoms with Crippen molar-refractivity contribution in [2.24, 2.45) is 0 Å². The molecule has 8 nitrogen and oxygen atoms in total. The van der Waals surface area contributed by atoms with E-state index < -0.39 is 16.1 Å². The fourth-order valence-electron chi connectivity index (χ4n) is 3.76. The SMILES string of the molecule is CCOc1ccc(N(CCCC(=O)N(Cc2ccc(Cl)c(Cl)c2)[C@@H](C)C(=O)N[C@@H](C)CC)S(C)(=O)=O)cc1. The number of nitrogens with zero attached hydrogens (tertiary/aromatic N) is 2. The van der Waals surface area contributed by atoms with E-state index in [4.69, 9.17) is 27.9 Å². The fourth-order valence-corrected chi connectivity index (χ4v) is 5.05. The fraction of sp³-hybridized carbons (Fsp3) is 0.481. The molecule has 2 atom stereocenters. The number of sulfonamides is 1. The number of anilines is 1. The zero-order valence-electron chi connectivity index (χ0n) is 22.5. The van der Waals surface area contributed by atoms with Gasteiger partial charge in [0.2, 0.25) is 21.8 Å².